The minimum atomic E-state index is -0.424. The first-order chi connectivity index (χ1) is 15.6. The number of esters is 1. The maximum atomic E-state index is 12.9. The van der Waals surface area contributed by atoms with Gasteiger partial charge in [-0.1, -0.05) is 60.7 Å². The normalized spacial score (nSPS) is 10.9. The number of nitrogens with one attached hydrogen (secondary N) is 1. The Hall–Kier alpha value is -3.48. The molecule has 0 fully saturated rings. The van der Waals surface area contributed by atoms with Crippen molar-refractivity contribution in [3.8, 4) is 0 Å². The summed E-state index contributed by atoms with van der Waals surface area (Å²) in [6.07, 6.45) is 0.553. The van der Waals surface area contributed by atoms with Gasteiger partial charge in [0.25, 0.3) is 0 Å². The third-order valence-corrected chi connectivity index (χ3v) is 5.14. The molecule has 0 aromatic heterocycles. The van der Waals surface area contributed by atoms with E-state index in [1.165, 1.54) is 7.11 Å². The van der Waals surface area contributed by atoms with Gasteiger partial charge in [-0.15, -0.1) is 0 Å². The van der Waals surface area contributed by atoms with E-state index in [1.54, 1.807) is 24.3 Å². The van der Waals surface area contributed by atoms with Crippen LogP contribution >= 0.6 is 0 Å². The molecule has 2 N–H and O–H groups in total. The lowest BCUT2D eigenvalue weighted by Gasteiger charge is -2.32. The van der Waals surface area contributed by atoms with E-state index >= 15 is 0 Å². The third-order valence-electron chi connectivity index (χ3n) is 5.14. The Balaban J connectivity index is 1.81. The minimum absolute atomic E-state index is 0.0450. The highest BCUT2D eigenvalue weighted by atomic mass is 16.5. The van der Waals surface area contributed by atoms with E-state index in [0.717, 1.165) is 11.1 Å². The Morgan fingerprint density at radius 3 is 1.97 bits per heavy atom. The number of methoxy groups -OCH3 is 1. The fourth-order valence-corrected chi connectivity index (χ4v) is 3.65. The van der Waals surface area contributed by atoms with Crippen LogP contribution in [0.15, 0.2) is 84.9 Å². The van der Waals surface area contributed by atoms with Crippen LogP contribution in [0, 0.1) is 0 Å². The van der Waals surface area contributed by atoms with Crippen molar-refractivity contribution in [3.05, 3.63) is 102 Å². The lowest BCUT2D eigenvalue weighted by molar-refractivity contribution is -0.117. The molecule has 3 aromatic rings. The molecular formula is C26H28N2O4. The highest BCUT2D eigenvalue weighted by Crippen LogP contribution is 2.28. The third kappa shape index (κ3) is 6.26. The minimum Gasteiger partial charge on any atom is -0.465 e. The van der Waals surface area contributed by atoms with E-state index in [-0.39, 0.29) is 25.1 Å². The second-order valence-electron chi connectivity index (χ2n) is 7.39. The smallest absolute Gasteiger partial charge is 0.337 e. The van der Waals surface area contributed by atoms with Crippen LogP contribution in [0.25, 0.3) is 0 Å². The van der Waals surface area contributed by atoms with Gasteiger partial charge < -0.3 is 15.2 Å². The maximum Gasteiger partial charge on any atom is 0.337 e. The number of rotatable bonds is 10. The van der Waals surface area contributed by atoms with Gasteiger partial charge in [-0.3, -0.25) is 9.69 Å². The number of amides is 1. The van der Waals surface area contributed by atoms with Gasteiger partial charge in [0.2, 0.25) is 5.91 Å². The Morgan fingerprint density at radius 1 is 0.906 bits per heavy atom. The fraction of sp³-hybridized carbons (Fsp3) is 0.231. The molecule has 1 amide bonds. The number of carbonyl (C=O) groups is 2. The summed E-state index contributed by atoms with van der Waals surface area (Å²) in [5.74, 6) is -0.600. The number of nitrogens with zero attached hydrogens (tertiary/aromatic N) is 1. The summed E-state index contributed by atoms with van der Waals surface area (Å²) in [5, 5.41) is 12.3. The standard InChI is InChI=1S/C26H28N2O4/c1-32-26(31)22-13-15-23(16-14-22)27-24(30)19-28(17-8-18-29)25(20-9-4-2-5-10-20)21-11-6-3-7-12-21/h2-7,9-16,25,29H,8,17-19H2,1H3,(H,27,30). The quantitative estimate of drug-likeness (QED) is 0.475. The van der Waals surface area contributed by atoms with Crippen LogP contribution in [0.3, 0.4) is 0 Å². The zero-order valence-electron chi connectivity index (χ0n) is 18.1. The molecule has 0 aliphatic carbocycles. The highest BCUT2D eigenvalue weighted by molar-refractivity contribution is 5.94. The summed E-state index contributed by atoms with van der Waals surface area (Å²) in [5.41, 5.74) is 3.17. The monoisotopic (exact) mass is 432 g/mol. The molecule has 0 bridgehead atoms. The first kappa shape index (κ1) is 23.2. The van der Waals surface area contributed by atoms with Gasteiger partial charge in [-0.25, -0.2) is 4.79 Å². The molecular weight excluding hydrogens is 404 g/mol. The fourth-order valence-electron chi connectivity index (χ4n) is 3.65. The second kappa shape index (κ2) is 11.8. The Bertz CT molecular complexity index is 952. The topological polar surface area (TPSA) is 78.9 Å². The van der Waals surface area contributed by atoms with Crippen LogP contribution in [0.2, 0.25) is 0 Å². The number of aliphatic hydroxyl groups is 1. The van der Waals surface area contributed by atoms with Crippen LogP contribution in [0.1, 0.15) is 33.9 Å². The molecule has 32 heavy (non-hydrogen) atoms. The van der Waals surface area contributed by atoms with Crippen molar-refractivity contribution in [2.45, 2.75) is 12.5 Å². The Labute approximate surface area is 188 Å². The zero-order valence-corrected chi connectivity index (χ0v) is 18.1. The summed E-state index contributed by atoms with van der Waals surface area (Å²) in [7, 11) is 1.33. The van der Waals surface area contributed by atoms with Crippen molar-refractivity contribution in [1.82, 2.24) is 4.90 Å². The number of hydrogen-bond acceptors (Lipinski definition) is 5. The molecule has 3 aromatic carbocycles. The zero-order chi connectivity index (χ0) is 22.8. The molecule has 6 heteroatoms. The molecule has 0 saturated heterocycles. The first-order valence-electron chi connectivity index (χ1n) is 10.6. The van der Waals surface area contributed by atoms with E-state index in [0.29, 0.717) is 24.2 Å². The molecule has 0 aliphatic heterocycles. The van der Waals surface area contributed by atoms with E-state index in [4.69, 9.17) is 4.74 Å². The van der Waals surface area contributed by atoms with Gasteiger partial charge in [0.05, 0.1) is 25.3 Å². The van der Waals surface area contributed by atoms with Crippen molar-refractivity contribution in [2.75, 3.05) is 32.1 Å². The number of aliphatic hydroxyl groups excluding tert-OH is 1. The average molecular weight is 433 g/mol. The highest BCUT2D eigenvalue weighted by Gasteiger charge is 2.24. The first-order valence-corrected chi connectivity index (χ1v) is 10.6. The van der Waals surface area contributed by atoms with Gasteiger partial charge in [0.1, 0.15) is 0 Å². The summed E-state index contributed by atoms with van der Waals surface area (Å²) in [6.45, 7) is 0.746. The molecule has 0 spiro atoms. The van der Waals surface area contributed by atoms with Crippen LogP contribution < -0.4 is 5.32 Å². The van der Waals surface area contributed by atoms with Crippen molar-refractivity contribution < 1.29 is 19.4 Å². The van der Waals surface area contributed by atoms with Gasteiger partial charge in [-0.2, -0.15) is 0 Å². The van der Waals surface area contributed by atoms with E-state index in [1.807, 2.05) is 60.7 Å². The van der Waals surface area contributed by atoms with Gasteiger partial charge in [0, 0.05) is 18.8 Å². The van der Waals surface area contributed by atoms with Crippen LogP contribution in [-0.4, -0.2) is 48.7 Å². The lowest BCUT2D eigenvalue weighted by Crippen LogP contribution is -2.37. The van der Waals surface area contributed by atoms with Gasteiger partial charge >= 0.3 is 5.97 Å². The molecule has 166 valence electrons. The summed E-state index contributed by atoms with van der Waals surface area (Å²) >= 11 is 0. The predicted molar refractivity (Wildman–Crippen MR) is 124 cm³/mol. The Kier molecular flexibility index (Phi) is 8.54. The number of hydrogen-bond donors (Lipinski definition) is 2. The molecule has 0 saturated carbocycles. The van der Waals surface area contributed by atoms with Crippen LogP contribution in [0.4, 0.5) is 5.69 Å². The molecule has 0 atom stereocenters. The molecule has 0 heterocycles. The van der Waals surface area contributed by atoms with Gasteiger partial charge in [-0.05, 0) is 41.8 Å². The van der Waals surface area contributed by atoms with Crippen molar-refractivity contribution >= 4 is 17.6 Å². The number of ether oxygens (including phenoxy) is 1. The number of carbonyl (C=O) groups excluding carboxylic acids is 2. The SMILES string of the molecule is COC(=O)c1ccc(NC(=O)CN(CCCO)C(c2ccccc2)c2ccccc2)cc1. The number of benzene rings is 3. The average Bonchev–Trinajstić information content (AvgIpc) is 2.84. The van der Waals surface area contributed by atoms with E-state index in [9.17, 15) is 14.7 Å². The van der Waals surface area contributed by atoms with Crippen LogP contribution in [-0.2, 0) is 9.53 Å². The van der Waals surface area contributed by atoms with Crippen molar-refractivity contribution in [2.24, 2.45) is 0 Å². The van der Waals surface area contributed by atoms with Crippen LogP contribution in [0.5, 0.6) is 0 Å². The van der Waals surface area contributed by atoms with Gasteiger partial charge in [0.15, 0.2) is 0 Å². The maximum absolute atomic E-state index is 12.9. The summed E-state index contributed by atoms with van der Waals surface area (Å²) < 4.78 is 4.70. The van der Waals surface area contributed by atoms with E-state index in [2.05, 4.69) is 10.2 Å². The molecule has 6 nitrogen and oxygen atoms in total. The molecule has 0 aliphatic rings. The molecule has 0 radical (unpaired) electrons. The lowest BCUT2D eigenvalue weighted by atomic mass is 9.96. The predicted octanol–water partition coefficient (Wildman–Crippen LogP) is 3.89. The van der Waals surface area contributed by atoms with E-state index < -0.39 is 5.97 Å². The molecule has 3 rings (SSSR count). The second-order valence-corrected chi connectivity index (χ2v) is 7.39. The molecule has 0 unspecified atom stereocenters. The van der Waals surface area contributed by atoms with Crippen molar-refractivity contribution in [1.29, 1.82) is 0 Å². The Morgan fingerprint density at radius 2 is 1.47 bits per heavy atom. The largest absolute Gasteiger partial charge is 0.465 e. The summed E-state index contributed by atoms with van der Waals surface area (Å²) in [4.78, 5) is 26.6. The number of anilines is 1. The van der Waals surface area contributed by atoms with Crippen molar-refractivity contribution in [3.63, 3.8) is 0 Å². The summed E-state index contributed by atoms with van der Waals surface area (Å²) in [6, 6.07) is 26.5.